The summed E-state index contributed by atoms with van der Waals surface area (Å²) in [6.07, 6.45) is 0. The van der Waals surface area contributed by atoms with Crippen LogP contribution in [-0.2, 0) is 10.0 Å². The van der Waals surface area contributed by atoms with E-state index in [2.05, 4.69) is 10.2 Å². The van der Waals surface area contributed by atoms with Gasteiger partial charge in [0.2, 0.25) is 10.0 Å². The summed E-state index contributed by atoms with van der Waals surface area (Å²) in [7, 11) is -4.12. The lowest BCUT2D eigenvalue weighted by Crippen LogP contribution is -2.50. The Bertz CT molecular complexity index is 1140. The Morgan fingerprint density at radius 1 is 1.10 bits per heavy atom. The molecule has 0 bridgehead atoms. The monoisotopic (exact) mass is 438 g/mol. The summed E-state index contributed by atoms with van der Waals surface area (Å²) in [5.74, 6) is -2.30. The van der Waals surface area contributed by atoms with Crippen molar-refractivity contribution in [2.45, 2.75) is 4.90 Å². The number of nitrogens with zero attached hydrogens (tertiary/aromatic N) is 3. The molecule has 1 aromatic carbocycles. The number of aromatic nitrogens is 2. The zero-order chi connectivity index (χ0) is 20.6. The second kappa shape index (κ2) is 7.65. The first-order chi connectivity index (χ1) is 13.9. The third-order valence-corrected chi connectivity index (χ3v) is 7.46. The fourth-order valence-corrected chi connectivity index (χ4v) is 5.27. The average Bonchev–Trinajstić information content (AvgIpc) is 3.39. The van der Waals surface area contributed by atoms with Gasteiger partial charge in [-0.25, -0.2) is 17.2 Å². The molecule has 1 fully saturated rings. The summed E-state index contributed by atoms with van der Waals surface area (Å²) in [5, 5.41) is 8.80. The molecule has 1 aliphatic heterocycles. The molecule has 7 nitrogen and oxygen atoms in total. The van der Waals surface area contributed by atoms with Gasteiger partial charge in [-0.15, -0.1) is 11.3 Å². The number of sulfonamides is 1. The minimum atomic E-state index is -4.12. The standard InChI is InChI=1S/C18H16F2N4O3S2/c19-12-3-4-17(13(20)10-12)29(26,27)24-7-5-23(6-8-24)18(25)15-11-14(21-22-15)16-2-1-9-28-16/h1-4,9-11H,5-8H2,(H,21,22). The predicted octanol–water partition coefficient (Wildman–Crippen LogP) is 2.56. The summed E-state index contributed by atoms with van der Waals surface area (Å²) in [4.78, 5) is 14.6. The van der Waals surface area contributed by atoms with Crippen LogP contribution >= 0.6 is 11.3 Å². The number of nitrogens with one attached hydrogen (secondary N) is 1. The first-order valence-corrected chi connectivity index (χ1v) is 11.0. The highest BCUT2D eigenvalue weighted by Crippen LogP contribution is 2.24. The van der Waals surface area contributed by atoms with Gasteiger partial charge in [-0.3, -0.25) is 9.89 Å². The van der Waals surface area contributed by atoms with Gasteiger partial charge in [0.1, 0.15) is 16.5 Å². The Kier molecular flexibility index (Phi) is 5.19. The molecule has 3 aromatic rings. The van der Waals surface area contributed by atoms with Crippen LogP contribution in [-0.4, -0.2) is 59.9 Å². The third kappa shape index (κ3) is 3.80. The number of piperazine rings is 1. The number of amides is 1. The van der Waals surface area contributed by atoms with Crippen LogP contribution in [0.5, 0.6) is 0 Å². The maximum absolute atomic E-state index is 13.9. The number of rotatable bonds is 4. The first kappa shape index (κ1) is 19.7. The highest BCUT2D eigenvalue weighted by atomic mass is 32.2. The number of halogens is 2. The zero-order valence-corrected chi connectivity index (χ0v) is 16.6. The van der Waals surface area contributed by atoms with E-state index in [1.807, 2.05) is 17.5 Å². The summed E-state index contributed by atoms with van der Waals surface area (Å²) >= 11 is 1.52. The van der Waals surface area contributed by atoms with Gasteiger partial charge >= 0.3 is 0 Å². The number of H-pyrrole nitrogens is 1. The maximum Gasteiger partial charge on any atom is 0.274 e. The maximum atomic E-state index is 13.9. The summed E-state index contributed by atoms with van der Waals surface area (Å²) in [5.41, 5.74) is 0.977. The molecule has 152 valence electrons. The van der Waals surface area contributed by atoms with Crippen molar-refractivity contribution in [2.24, 2.45) is 0 Å². The molecule has 0 radical (unpaired) electrons. The van der Waals surface area contributed by atoms with Crippen molar-refractivity contribution in [2.75, 3.05) is 26.2 Å². The molecule has 11 heteroatoms. The molecule has 1 aliphatic rings. The number of carbonyl (C=O) groups is 1. The SMILES string of the molecule is O=C(c1cc(-c2cccs2)[nH]n1)N1CCN(S(=O)(=O)c2ccc(F)cc2F)CC1. The molecular formula is C18H16F2N4O3S2. The van der Waals surface area contributed by atoms with E-state index < -0.39 is 26.6 Å². The fraction of sp³-hybridized carbons (Fsp3) is 0.222. The van der Waals surface area contributed by atoms with E-state index in [1.165, 1.54) is 16.2 Å². The van der Waals surface area contributed by atoms with Crippen LogP contribution in [0.15, 0.2) is 46.7 Å². The van der Waals surface area contributed by atoms with Gasteiger partial charge in [-0.05, 0) is 29.6 Å². The van der Waals surface area contributed by atoms with Gasteiger partial charge in [-0.1, -0.05) is 6.07 Å². The highest BCUT2D eigenvalue weighted by Gasteiger charge is 2.32. The van der Waals surface area contributed by atoms with Crippen LogP contribution in [0.25, 0.3) is 10.6 Å². The predicted molar refractivity (Wildman–Crippen MR) is 103 cm³/mol. The Hall–Kier alpha value is -2.63. The molecule has 3 heterocycles. The molecule has 0 saturated carbocycles. The van der Waals surface area contributed by atoms with E-state index in [0.29, 0.717) is 6.07 Å². The smallest absolute Gasteiger partial charge is 0.274 e. The quantitative estimate of drug-likeness (QED) is 0.678. The summed E-state index contributed by atoms with van der Waals surface area (Å²) in [6, 6.07) is 7.81. The van der Waals surface area contributed by atoms with Gasteiger partial charge in [0, 0.05) is 32.2 Å². The van der Waals surface area contributed by atoms with E-state index in [-0.39, 0.29) is 37.8 Å². The normalized spacial score (nSPS) is 15.6. The van der Waals surface area contributed by atoms with Gasteiger partial charge in [0.15, 0.2) is 5.69 Å². The number of carbonyl (C=O) groups excluding carboxylic acids is 1. The van der Waals surface area contributed by atoms with Crippen LogP contribution in [0.2, 0.25) is 0 Å². The van der Waals surface area contributed by atoms with E-state index in [4.69, 9.17) is 0 Å². The minimum absolute atomic E-state index is 0.00704. The Balaban J connectivity index is 1.44. The number of hydrogen-bond donors (Lipinski definition) is 1. The Labute approximate surface area is 169 Å². The van der Waals surface area contributed by atoms with Gasteiger partial charge in [0.05, 0.1) is 10.6 Å². The molecule has 0 aliphatic carbocycles. The van der Waals surface area contributed by atoms with Crippen molar-refractivity contribution in [3.05, 3.63) is 59.1 Å². The average molecular weight is 438 g/mol. The number of benzene rings is 1. The number of aromatic amines is 1. The fourth-order valence-electron chi connectivity index (χ4n) is 3.11. The molecule has 0 spiro atoms. The number of thiophene rings is 1. The third-order valence-electron chi connectivity index (χ3n) is 4.62. The molecule has 1 saturated heterocycles. The minimum Gasteiger partial charge on any atom is -0.335 e. The largest absolute Gasteiger partial charge is 0.335 e. The Morgan fingerprint density at radius 2 is 1.86 bits per heavy atom. The summed E-state index contributed by atoms with van der Waals surface area (Å²) < 4.78 is 53.4. The van der Waals surface area contributed by atoms with E-state index >= 15 is 0 Å². The highest BCUT2D eigenvalue weighted by molar-refractivity contribution is 7.89. The lowest BCUT2D eigenvalue weighted by Gasteiger charge is -2.33. The van der Waals surface area contributed by atoms with Gasteiger partial charge in [0.25, 0.3) is 5.91 Å². The van der Waals surface area contributed by atoms with Crippen molar-refractivity contribution in [3.63, 3.8) is 0 Å². The van der Waals surface area contributed by atoms with E-state index in [0.717, 1.165) is 27.0 Å². The zero-order valence-electron chi connectivity index (χ0n) is 15.0. The van der Waals surface area contributed by atoms with E-state index in [9.17, 15) is 22.0 Å². The second-order valence-corrected chi connectivity index (χ2v) is 9.27. The lowest BCUT2D eigenvalue weighted by atomic mass is 10.2. The summed E-state index contributed by atoms with van der Waals surface area (Å²) in [6.45, 7) is 0.296. The molecular weight excluding hydrogens is 422 g/mol. The second-order valence-electron chi connectivity index (χ2n) is 6.42. The molecule has 29 heavy (non-hydrogen) atoms. The van der Waals surface area contributed by atoms with Crippen LogP contribution in [0, 0.1) is 11.6 Å². The van der Waals surface area contributed by atoms with Crippen molar-refractivity contribution in [1.82, 2.24) is 19.4 Å². The van der Waals surface area contributed by atoms with Gasteiger partial charge < -0.3 is 4.90 Å². The Morgan fingerprint density at radius 3 is 2.52 bits per heavy atom. The van der Waals surface area contributed by atoms with Gasteiger partial charge in [-0.2, -0.15) is 9.40 Å². The topological polar surface area (TPSA) is 86.4 Å². The molecule has 4 rings (SSSR count). The molecule has 0 atom stereocenters. The van der Waals surface area contributed by atoms with Crippen LogP contribution in [0.4, 0.5) is 8.78 Å². The van der Waals surface area contributed by atoms with Crippen molar-refractivity contribution in [1.29, 1.82) is 0 Å². The van der Waals surface area contributed by atoms with Crippen molar-refractivity contribution >= 4 is 27.3 Å². The van der Waals surface area contributed by atoms with E-state index in [1.54, 1.807) is 6.07 Å². The van der Waals surface area contributed by atoms with Crippen LogP contribution in [0.1, 0.15) is 10.5 Å². The molecule has 0 unspecified atom stereocenters. The molecule has 2 aromatic heterocycles. The van der Waals surface area contributed by atoms with Crippen LogP contribution in [0.3, 0.4) is 0 Å². The number of hydrogen-bond acceptors (Lipinski definition) is 5. The van der Waals surface area contributed by atoms with Crippen LogP contribution < -0.4 is 0 Å². The molecule has 1 N–H and O–H groups in total. The lowest BCUT2D eigenvalue weighted by molar-refractivity contribution is 0.0691. The molecule has 1 amide bonds. The van der Waals surface area contributed by atoms with Crippen molar-refractivity contribution in [3.8, 4) is 10.6 Å². The first-order valence-electron chi connectivity index (χ1n) is 8.70. The van der Waals surface area contributed by atoms with Crippen molar-refractivity contribution < 1.29 is 22.0 Å².